The first kappa shape index (κ1) is 14.5. The highest BCUT2D eigenvalue weighted by molar-refractivity contribution is 5.94. The predicted molar refractivity (Wildman–Crippen MR) is 70.1 cm³/mol. The van der Waals surface area contributed by atoms with Gasteiger partial charge in [-0.3, -0.25) is 4.79 Å². The van der Waals surface area contributed by atoms with Crippen LogP contribution in [0.15, 0.2) is 18.2 Å². The molecule has 20 heavy (non-hydrogen) atoms. The van der Waals surface area contributed by atoms with Crippen molar-refractivity contribution in [3.05, 3.63) is 29.6 Å². The Morgan fingerprint density at radius 3 is 2.70 bits per heavy atom. The number of rotatable bonds is 4. The van der Waals surface area contributed by atoms with E-state index in [-0.39, 0.29) is 17.5 Å². The van der Waals surface area contributed by atoms with Crippen molar-refractivity contribution in [3.63, 3.8) is 0 Å². The summed E-state index contributed by atoms with van der Waals surface area (Å²) in [6.45, 7) is 1.28. The third kappa shape index (κ3) is 3.54. The molecule has 1 aliphatic rings. The molecule has 108 valence electrons. The van der Waals surface area contributed by atoms with Gasteiger partial charge in [0.25, 0.3) is 0 Å². The number of benzene rings is 1. The van der Waals surface area contributed by atoms with Crippen LogP contribution in [-0.4, -0.2) is 30.2 Å². The molecule has 0 saturated carbocycles. The lowest BCUT2D eigenvalue weighted by Crippen LogP contribution is -2.22. The molecule has 1 amide bonds. The molecule has 0 spiro atoms. The van der Waals surface area contributed by atoms with Crippen molar-refractivity contribution in [2.24, 2.45) is 5.92 Å². The van der Waals surface area contributed by atoms with Gasteiger partial charge in [0.2, 0.25) is 5.91 Å². The Hall–Kier alpha value is -1.95. The molecule has 0 unspecified atom stereocenters. The van der Waals surface area contributed by atoms with E-state index < -0.39 is 17.3 Å². The zero-order valence-electron chi connectivity index (χ0n) is 10.9. The second-order valence-electron chi connectivity index (χ2n) is 4.78. The lowest BCUT2D eigenvalue weighted by atomic mass is 9.96. The van der Waals surface area contributed by atoms with Gasteiger partial charge in [-0.25, -0.2) is 9.18 Å². The highest BCUT2D eigenvalue weighted by Crippen LogP contribution is 2.21. The number of anilines is 1. The average Bonchev–Trinajstić information content (AvgIpc) is 2.42. The Morgan fingerprint density at radius 1 is 1.35 bits per heavy atom. The van der Waals surface area contributed by atoms with E-state index in [9.17, 15) is 14.0 Å². The molecule has 2 N–H and O–H groups in total. The predicted octanol–water partition coefficient (Wildman–Crippen LogP) is 2.28. The van der Waals surface area contributed by atoms with Gasteiger partial charge in [-0.15, -0.1) is 0 Å². The number of halogens is 1. The van der Waals surface area contributed by atoms with Crippen molar-refractivity contribution < 1.29 is 23.8 Å². The van der Waals surface area contributed by atoms with Crippen LogP contribution in [-0.2, 0) is 9.53 Å². The first-order valence-corrected chi connectivity index (χ1v) is 6.47. The number of aromatic carboxylic acids is 1. The van der Waals surface area contributed by atoms with E-state index in [1.807, 2.05) is 0 Å². The first-order valence-electron chi connectivity index (χ1n) is 6.47. The van der Waals surface area contributed by atoms with E-state index >= 15 is 0 Å². The first-order chi connectivity index (χ1) is 9.58. The molecule has 0 atom stereocenters. The molecular weight excluding hydrogens is 265 g/mol. The third-order valence-electron chi connectivity index (χ3n) is 3.32. The molecule has 1 aromatic rings. The lowest BCUT2D eigenvalue weighted by Gasteiger charge is -2.21. The summed E-state index contributed by atoms with van der Waals surface area (Å²) in [5.41, 5.74) is -0.546. The molecule has 1 saturated heterocycles. The van der Waals surface area contributed by atoms with Crippen LogP contribution in [0.4, 0.5) is 10.1 Å². The molecule has 0 bridgehead atoms. The molecule has 2 rings (SSSR count). The van der Waals surface area contributed by atoms with Gasteiger partial charge in [-0.05, 0) is 30.9 Å². The monoisotopic (exact) mass is 281 g/mol. The minimum atomic E-state index is -1.36. The largest absolute Gasteiger partial charge is 0.478 e. The van der Waals surface area contributed by atoms with Crippen molar-refractivity contribution in [1.29, 1.82) is 0 Å². The summed E-state index contributed by atoms with van der Waals surface area (Å²) < 4.78 is 19.1. The van der Waals surface area contributed by atoms with Crippen LogP contribution >= 0.6 is 0 Å². The number of carboxylic acid groups (broad SMARTS) is 1. The van der Waals surface area contributed by atoms with E-state index in [1.54, 1.807) is 0 Å². The number of ether oxygens (including phenoxy) is 1. The summed E-state index contributed by atoms with van der Waals surface area (Å²) in [6.07, 6.45) is 1.91. The quantitative estimate of drug-likeness (QED) is 0.887. The number of carbonyl (C=O) groups excluding carboxylic acids is 1. The van der Waals surface area contributed by atoms with Gasteiger partial charge in [-0.1, -0.05) is 6.07 Å². The highest BCUT2D eigenvalue weighted by atomic mass is 19.1. The number of carbonyl (C=O) groups is 2. The van der Waals surface area contributed by atoms with Crippen LogP contribution in [0.1, 0.15) is 29.6 Å². The van der Waals surface area contributed by atoms with Crippen LogP contribution in [0.2, 0.25) is 0 Å². The van der Waals surface area contributed by atoms with Crippen molar-refractivity contribution >= 4 is 17.6 Å². The summed E-state index contributed by atoms with van der Waals surface area (Å²) in [7, 11) is 0. The van der Waals surface area contributed by atoms with Crippen molar-refractivity contribution in [2.75, 3.05) is 18.5 Å². The fourth-order valence-corrected chi connectivity index (χ4v) is 2.21. The van der Waals surface area contributed by atoms with Crippen LogP contribution in [0.25, 0.3) is 0 Å². The Balaban J connectivity index is 2.00. The topological polar surface area (TPSA) is 75.6 Å². The Bertz CT molecular complexity index is 512. The van der Waals surface area contributed by atoms with Gasteiger partial charge in [0, 0.05) is 19.6 Å². The Labute approximate surface area is 115 Å². The van der Waals surface area contributed by atoms with E-state index in [0.717, 1.165) is 18.9 Å². The lowest BCUT2D eigenvalue weighted by molar-refractivity contribution is -0.117. The van der Waals surface area contributed by atoms with Crippen LogP contribution in [0, 0.1) is 11.7 Å². The van der Waals surface area contributed by atoms with E-state index in [0.29, 0.717) is 19.6 Å². The van der Waals surface area contributed by atoms with Gasteiger partial charge in [-0.2, -0.15) is 0 Å². The van der Waals surface area contributed by atoms with Gasteiger partial charge in [0.15, 0.2) is 5.82 Å². The number of hydrogen-bond donors (Lipinski definition) is 2. The maximum atomic E-state index is 13.8. The summed E-state index contributed by atoms with van der Waals surface area (Å²) in [6, 6.07) is 3.91. The summed E-state index contributed by atoms with van der Waals surface area (Å²) in [5.74, 6) is -2.35. The Morgan fingerprint density at radius 2 is 2.05 bits per heavy atom. The molecule has 5 nitrogen and oxygen atoms in total. The van der Waals surface area contributed by atoms with Gasteiger partial charge < -0.3 is 15.2 Å². The summed E-state index contributed by atoms with van der Waals surface area (Å²) in [4.78, 5) is 22.7. The van der Waals surface area contributed by atoms with Gasteiger partial charge >= 0.3 is 5.97 Å². The second-order valence-corrected chi connectivity index (χ2v) is 4.78. The molecule has 6 heteroatoms. The van der Waals surface area contributed by atoms with Crippen molar-refractivity contribution in [1.82, 2.24) is 0 Å². The van der Waals surface area contributed by atoms with Gasteiger partial charge in [0.05, 0.1) is 11.3 Å². The van der Waals surface area contributed by atoms with E-state index in [1.165, 1.54) is 12.1 Å². The van der Waals surface area contributed by atoms with Crippen LogP contribution in [0.5, 0.6) is 0 Å². The molecular formula is C14H16FNO4. The number of nitrogens with one attached hydrogen (secondary N) is 1. The molecule has 1 aliphatic heterocycles. The molecule has 1 heterocycles. The normalized spacial score (nSPS) is 15.8. The molecule has 1 fully saturated rings. The SMILES string of the molecule is O=C(CC1CCOCC1)Nc1cccc(C(=O)O)c1F. The minimum absolute atomic E-state index is 0.0954. The summed E-state index contributed by atoms with van der Waals surface area (Å²) in [5, 5.41) is 11.3. The smallest absolute Gasteiger partial charge is 0.338 e. The fourth-order valence-electron chi connectivity index (χ4n) is 2.21. The molecule has 1 aromatic carbocycles. The minimum Gasteiger partial charge on any atom is -0.478 e. The highest BCUT2D eigenvalue weighted by Gasteiger charge is 2.19. The molecule has 0 aromatic heterocycles. The fraction of sp³-hybridized carbons (Fsp3) is 0.429. The standard InChI is InChI=1S/C14H16FNO4/c15-13-10(14(18)19)2-1-3-11(13)16-12(17)8-9-4-6-20-7-5-9/h1-3,9H,4-8H2,(H,16,17)(H,18,19). The maximum Gasteiger partial charge on any atom is 0.338 e. The zero-order chi connectivity index (χ0) is 14.5. The van der Waals surface area contributed by atoms with Crippen molar-refractivity contribution in [2.45, 2.75) is 19.3 Å². The Kier molecular flexibility index (Phi) is 4.68. The van der Waals surface area contributed by atoms with Crippen LogP contribution < -0.4 is 5.32 Å². The van der Waals surface area contributed by atoms with Crippen molar-refractivity contribution in [3.8, 4) is 0 Å². The van der Waals surface area contributed by atoms with Gasteiger partial charge in [0.1, 0.15) is 0 Å². The average molecular weight is 281 g/mol. The van der Waals surface area contributed by atoms with Crippen LogP contribution in [0.3, 0.4) is 0 Å². The third-order valence-corrected chi connectivity index (χ3v) is 3.32. The molecule has 0 radical (unpaired) electrons. The van der Waals surface area contributed by atoms with E-state index in [4.69, 9.17) is 9.84 Å². The number of hydrogen-bond acceptors (Lipinski definition) is 3. The van der Waals surface area contributed by atoms with E-state index in [2.05, 4.69) is 5.32 Å². The summed E-state index contributed by atoms with van der Waals surface area (Å²) >= 11 is 0. The second kappa shape index (κ2) is 6.47. The zero-order valence-corrected chi connectivity index (χ0v) is 10.9. The number of amides is 1. The maximum absolute atomic E-state index is 13.8. The number of carboxylic acids is 1. The molecule has 0 aliphatic carbocycles.